The number of nitrogens with one attached hydrogen (secondary N) is 1. The average Bonchev–Trinajstić information content (AvgIpc) is 3.52. The third kappa shape index (κ3) is 7.52. The second-order valence-electron chi connectivity index (χ2n) is 11.0. The number of carbonyl (C=O) groups is 1. The Morgan fingerprint density at radius 1 is 0.889 bits per heavy atom. The highest BCUT2D eigenvalue weighted by atomic mass is 32.2. The molecule has 1 aromatic heterocycles. The highest BCUT2D eigenvalue weighted by molar-refractivity contribution is 8.01. The van der Waals surface area contributed by atoms with Crippen molar-refractivity contribution in [2.24, 2.45) is 5.92 Å². The zero-order valence-corrected chi connectivity index (χ0v) is 26.8. The summed E-state index contributed by atoms with van der Waals surface area (Å²) in [6, 6.07) is 33.6. The molecule has 7 nitrogen and oxygen atoms in total. The van der Waals surface area contributed by atoms with Crippen molar-refractivity contribution in [1.29, 1.82) is 0 Å². The highest BCUT2D eigenvalue weighted by Gasteiger charge is 2.38. The zero-order chi connectivity index (χ0) is 31.2. The van der Waals surface area contributed by atoms with Gasteiger partial charge in [0.05, 0.1) is 18.8 Å². The molecule has 0 radical (unpaired) electrons. The number of rotatable bonds is 10. The number of hydrogen-bond donors (Lipinski definition) is 2. The summed E-state index contributed by atoms with van der Waals surface area (Å²) >= 11 is 3.25. The zero-order valence-electron chi connectivity index (χ0n) is 25.1. The highest BCUT2D eigenvalue weighted by Crippen LogP contribution is 2.43. The summed E-state index contributed by atoms with van der Waals surface area (Å²) in [6.07, 6.45) is -0.832. The molecule has 1 saturated heterocycles. The van der Waals surface area contributed by atoms with Gasteiger partial charge in [-0.2, -0.15) is 0 Å². The third-order valence-corrected chi connectivity index (χ3v) is 10.0. The summed E-state index contributed by atoms with van der Waals surface area (Å²) in [5.74, 6) is 0.706. The van der Waals surface area contributed by atoms with Gasteiger partial charge < -0.3 is 19.9 Å². The second kappa shape index (κ2) is 14.5. The van der Waals surface area contributed by atoms with E-state index in [9.17, 15) is 9.90 Å². The summed E-state index contributed by atoms with van der Waals surface area (Å²) in [5.41, 5.74) is 6.62. The van der Waals surface area contributed by atoms with Crippen LogP contribution in [0.2, 0.25) is 0 Å². The number of amides is 1. The molecular weight excluding hydrogens is 603 g/mol. The molecule has 1 aliphatic rings. The number of nitrogens with zero attached hydrogens (tertiary/aromatic N) is 2. The second-order valence-corrected chi connectivity index (χ2v) is 13.5. The first-order valence-corrected chi connectivity index (χ1v) is 16.7. The van der Waals surface area contributed by atoms with Crippen molar-refractivity contribution in [3.05, 3.63) is 136 Å². The van der Waals surface area contributed by atoms with E-state index in [-0.39, 0.29) is 30.6 Å². The minimum Gasteiger partial charge on any atom is -0.392 e. The molecule has 0 aliphatic carbocycles. The van der Waals surface area contributed by atoms with Gasteiger partial charge in [0, 0.05) is 29.3 Å². The number of aromatic nitrogens is 2. The fourth-order valence-corrected chi connectivity index (χ4v) is 7.45. The Morgan fingerprint density at radius 2 is 1.60 bits per heavy atom. The Labute approximate surface area is 271 Å². The molecule has 9 heteroatoms. The van der Waals surface area contributed by atoms with E-state index in [4.69, 9.17) is 9.47 Å². The van der Waals surface area contributed by atoms with Crippen molar-refractivity contribution in [2.45, 2.75) is 49.8 Å². The fourth-order valence-electron chi connectivity index (χ4n) is 5.44. The van der Waals surface area contributed by atoms with Crippen LogP contribution in [0.1, 0.15) is 56.9 Å². The van der Waals surface area contributed by atoms with Crippen LogP contribution in [-0.2, 0) is 22.6 Å². The normalized spacial score (nSPS) is 19.7. The molecule has 0 unspecified atom stereocenters. The number of carbonyl (C=O) groups excluding carboxylic acids is 1. The first kappa shape index (κ1) is 31.1. The first-order chi connectivity index (χ1) is 22.0. The van der Waals surface area contributed by atoms with Gasteiger partial charge in [-0.3, -0.25) is 4.79 Å². The molecule has 0 spiro atoms. The van der Waals surface area contributed by atoms with Crippen LogP contribution in [0.25, 0.3) is 11.1 Å². The predicted molar refractivity (Wildman–Crippen MR) is 178 cm³/mol. The molecule has 1 fully saturated rings. The Kier molecular flexibility index (Phi) is 10.0. The number of aliphatic hydroxyl groups excluding tert-OH is 1. The largest absolute Gasteiger partial charge is 0.392 e. The van der Waals surface area contributed by atoms with E-state index in [0.717, 1.165) is 48.5 Å². The molecule has 1 amide bonds. The van der Waals surface area contributed by atoms with Crippen molar-refractivity contribution < 1.29 is 19.4 Å². The molecule has 1 aliphatic heterocycles. The summed E-state index contributed by atoms with van der Waals surface area (Å²) in [6.45, 7) is 4.54. The van der Waals surface area contributed by atoms with E-state index in [0.29, 0.717) is 12.1 Å². The molecule has 45 heavy (non-hydrogen) atoms. The minimum absolute atomic E-state index is 0.00248. The molecule has 0 bridgehead atoms. The first-order valence-electron chi connectivity index (χ1n) is 14.9. The maximum atomic E-state index is 12.7. The van der Waals surface area contributed by atoms with Crippen LogP contribution in [0, 0.1) is 12.8 Å². The van der Waals surface area contributed by atoms with Crippen molar-refractivity contribution >= 4 is 29.0 Å². The smallest absolute Gasteiger partial charge is 0.251 e. The standard InChI is InChI=1S/C36H35N3O4S2/c1-23-32(22-44-36-39-38-24(2)45-36)42-35(43-33(23)27-14-12-25(21-40)13-15-27)29-18-16-26(17-19-29)31-11-7-6-10-30(31)20-37-34(41)28-8-4-3-5-9-28/h3-19,23,32-33,35,40H,20-22H2,1-2H3,(H,37,41)/t23-,32+,33+,35+/m1/s1. The summed E-state index contributed by atoms with van der Waals surface area (Å²) < 4.78 is 14.2. The maximum absolute atomic E-state index is 12.7. The molecule has 6 rings (SSSR count). The SMILES string of the molecule is Cc1nnc(SC[C@@H]2O[C@H](c3ccc(-c4ccccc4CNC(=O)c4ccccc4)cc3)O[C@H](c3ccc(CO)cc3)[C@@H]2C)s1. The molecule has 4 atom stereocenters. The van der Waals surface area contributed by atoms with Crippen LogP contribution in [0.4, 0.5) is 0 Å². The van der Waals surface area contributed by atoms with Crippen LogP contribution < -0.4 is 5.32 Å². The topological polar surface area (TPSA) is 93.6 Å². The maximum Gasteiger partial charge on any atom is 0.251 e. The van der Waals surface area contributed by atoms with Gasteiger partial charge in [-0.25, -0.2) is 0 Å². The van der Waals surface area contributed by atoms with Crippen LogP contribution in [0.15, 0.2) is 107 Å². The summed E-state index contributed by atoms with van der Waals surface area (Å²) in [7, 11) is 0. The van der Waals surface area contributed by atoms with Gasteiger partial charge in [-0.05, 0) is 46.9 Å². The van der Waals surface area contributed by atoms with Gasteiger partial charge in [0.15, 0.2) is 10.6 Å². The van der Waals surface area contributed by atoms with Crippen molar-refractivity contribution in [3.8, 4) is 11.1 Å². The van der Waals surface area contributed by atoms with E-state index in [1.807, 2.05) is 79.7 Å². The van der Waals surface area contributed by atoms with E-state index in [1.165, 1.54) is 0 Å². The molecule has 2 N–H and O–H groups in total. The van der Waals surface area contributed by atoms with Gasteiger partial charge in [0.1, 0.15) is 5.01 Å². The van der Waals surface area contributed by atoms with Gasteiger partial charge in [0.25, 0.3) is 5.91 Å². The van der Waals surface area contributed by atoms with E-state index in [2.05, 4.69) is 52.8 Å². The monoisotopic (exact) mass is 637 g/mol. The molecule has 5 aromatic rings. The number of hydrogen-bond acceptors (Lipinski definition) is 8. The van der Waals surface area contributed by atoms with E-state index in [1.54, 1.807) is 23.1 Å². The number of aryl methyl sites for hydroxylation is 1. The Morgan fingerprint density at radius 3 is 2.31 bits per heavy atom. The lowest BCUT2D eigenvalue weighted by Crippen LogP contribution is -2.38. The quantitative estimate of drug-likeness (QED) is 0.153. The lowest BCUT2D eigenvalue weighted by atomic mass is 9.91. The lowest BCUT2D eigenvalue weighted by molar-refractivity contribution is -0.268. The summed E-state index contributed by atoms with van der Waals surface area (Å²) in [4.78, 5) is 12.7. The van der Waals surface area contributed by atoms with Crippen LogP contribution in [0.5, 0.6) is 0 Å². The number of thioether (sulfide) groups is 1. The van der Waals surface area contributed by atoms with Crippen molar-refractivity contribution in [3.63, 3.8) is 0 Å². The van der Waals surface area contributed by atoms with Gasteiger partial charge in [-0.1, -0.05) is 121 Å². The molecule has 2 heterocycles. The van der Waals surface area contributed by atoms with E-state index < -0.39 is 6.29 Å². The summed E-state index contributed by atoms with van der Waals surface area (Å²) in [5, 5.41) is 22.0. The molecule has 4 aromatic carbocycles. The lowest BCUT2D eigenvalue weighted by Gasteiger charge is -2.41. The number of benzene rings is 4. The molecule has 0 saturated carbocycles. The Balaban J connectivity index is 1.21. The number of aliphatic hydroxyl groups is 1. The predicted octanol–water partition coefficient (Wildman–Crippen LogP) is 7.52. The van der Waals surface area contributed by atoms with Crippen LogP contribution in [0.3, 0.4) is 0 Å². The Bertz CT molecular complexity index is 1710. The van der Waals surface area contributed by atoms with Gasteiger partial charge in [0.2, 0.25) is 0 Å². The van der Waals surface area contributed by atoms with Crippen LogP contribution >= 0.6 is 23.1 Å². The fraction of sp³-hybridized carbons (Fsp3) is 0.250. The number of ether oxygens (including phenoxy) is 2. The third-order valence-electron chi connectivity index (χ3n) is 7.99. The van der Waals surface area contributed by atoms with E-state index >= 15 is 0 Å². The van der Waals surface area contributed by atoms with Crippen molar-refractivity contribution in [1.82, 2.24) is 15.5 Å². The molecule has 230 valence electrons. The van der Waals surface area contributed by atoms with Crippen LogP contribution in [-0.4, -0.2) is 33.1 Å². The Hall–Kier alpha value is -3.86. The van der Waals surface area contributed by atoms with Crippen molar-refractivity contribution in [2.75, 3.05) is 5.75 Å². The molecular formula is C36H35N3O4S2. The van der Waals surface area contributed by atoms with Gasteiger partial charge >= 0.3 is 0 Å². The minimum atomic E-state index is -0.556. The van der Waals surface area contributed by atoms with Gasteiger partial charge in [-0.15, -0.1) is 10.2 Å². The average molecular weight is 638 g/mol.